The van der Waals surface area contributed by atoms with Crippen molar-refractivity contribution in [3.63, 3.8) is 0 Å². The van der Waals surface area contributed by atoms with Crippen LogP contribution in [0.4, 0.5) is 0 Å². The second-order valence-electron chi connectivity index (χ2n) is 7.45. The van der Waals surface area contributed by atoms with E-state index in [0.717, 1.165) is 5.69 Å². The standard InChI is InChI=1S/C21H23N5O3/c1-12(2)16-10-18(25-24-16)21(28)26-7-8-29-19(11-26)17-9-14(20(22)27)13-5-3-4-6-15(13)23-17/h3-6,9-10,12,19H,7-8,11H2,1-2H3,(H2,22,27)(H,24,25). The topological polar surface area (TPSA) is 114 Å². The summed E-state index contributed by atoms with van der Waals surface area (Å²) in [5.74, 6) is -0.417. The third-order valence-corrected chi connectivity index (χ3v) is 5.12. The highest BCUT2D eigenvalue weighted by molar-refractivity contribution is 6.05. The number of aromatic nitrogens is 3. The number of primary amides is 1. The minimum atomic E-state index is -0.522. The molecule has 1 atom stereocenters. The van der Waals surface area contributed by atoms with E-state index in [2.05, 4.69) is 15.2 Å². The van der Waals surface area contributed by atoms with Crippen LogP contribution in [0.25, 0.3) is 10.9 Å². The molecular formula is C21H23N5O3. The summed E-state index contributed by atoms with van der Waals surface area (Å²) in [5.41, 5.74) is 8.52. The van der Waals surface area contributed by atoms with Crippen LogP contribution < -0.4 is 5.73 Å². The van der Waals surface area contributed by atoms with E-state index < -0.39 is 12.0 Å². The normalized spacial score (nSPS) is 17.1. The number of para-hydroxylation sites is 1. The van der Waals surface area contributed by atoms with Gasteiger partial charge in [0.1, 0.15) is 11.8 Å². The average Bonchev–Trinajstić information content (AvgIpc) is 3.23. The van der Waals surface area contributed by atoms with Gasteiger partial charge in [-0.1, -0.05) is 32.0 Å². The quantitative estimate of drug-likeness (QED) is 0.706. The van der Waals surface area contributed by atoms with Crippen LogP contribution in [0, 0.1) is 0 Å². The third kappa shape index (κ3) is 3.71. The summed E-state index contributed by atoms with van der Waals surface area (Å²) in [5, 5.41) is 7.77. The number of rotatable bonds is 4. The van der Waals surface area contributed by atoms with Crippen molar-refractivity contribution >= 4 is 22.7 Å². The molecule has 150 valence electrons. The van der Waals surface area contributed by atoms with E-state index in [1.54, 1.807) is 17.0 Å². The van der Waals surface area contributed by atoms with Crippen LogP contribution in [0.1, 0.15) is 58.1 Å². The van der Waals surface area contributed by atoms with Crippen LogP contribution in [-0.4, -0.2) is 51.6 Å². The molecule has 4 rings (SSSR count). The molecule has 3 N–H and O–H groups in total. The van der Waals surface area contributed by atoms with E-state index in [4.69, 9.17) is 10.5 Å². The Hall–Kier alpha value is -3.26. The lowest BCUT2D eigenvalue weighted by Gasteiger charge is -2.32. The van der Waals surface area contributed by atoms with Crippen molar-refractivity contribution in [2.24, 2.45) is 5.73 Å². The number of fused-ring (bicyclic) bond motifs is 1. The van der Waals surface area contributed by atoms with Gasteiger partial charge < -0.3 is 15.4 Å². The van der Waals surface area contributed by atoms with E-state index >= 15 is 0 Å². The summed E-state index contributed by atoms with van der Waals surface area (Å²) in [6, 6.07) is 10.8. The lowest BCUT2D eigenvalue weighted by Crippen LogP contribution is -2.42. The van der Waals surface area contributed by atoms with Crippen LogP contribution in [-0.2, 0) is 4.74 Å². The van der Waals surface area contributed by atoms with Gasteiger partial charge in [0.2, 0.25) is 5.91 Å². The Morgan fingerprint density at radius 1 is 1.28 bits per heavy atom. The van der Waals surface area contributed by atoms with Crippen LogP contribution in [0.5, 0.6) is 0 Å². The van der Waals surface area contributed by atoms with Crippen molar-refractivity contribution in [1.29, 1.82) is 0 Å². The van der Waals surface area contributed by atoms with E-state index in [0.29, 0.717) is 47.6 Å². The molecule has 8 nitrogen and oxygen atoms in total. The molecule has 1 saturated heterocycles. The predicted molar refractivity (Wildman–Crippen MR) is 108 cm³/mol. The largest absolute Gasteiger partial charge is 0.368 e. The Bertz CT molecular complexity index is 1080. The number of nitrogens with two attached hydrogens (primary N) is 1. The van der Waals surface area contributed by atoms with Crippen molar-refractivity contribution in [3.8, 4) is 0 Å². The molecule has 1 fully saturated rings. The maximum Gasteiger partial charge on any atom is 0.274 e. The molecule has 2 aromatic heterocycles. The maximum atomic E-state index is 12.9. The molecule has 1 aromatic carbocycles. The van der Waals surface area contributed by atoms with Crippen LogP contribution >= 0.6 is 0 Å². The minimum Gasteiger partial charge on any atom is -0.368 e. The zero-order chi connectivity index (χ0) is 20.5. The van der Waals surface area contributed by atoms with Crippen LogP contribution in [0.15, 0.2) is 36.4 Å². The summed E-state index contributed by atoms with van der Waals surface area (Å²) < 4.78 is 5.87. The lowest BCUT2D eigenvalue weighted by molar-refractivity contribution is -0.0248. The third-order valence-electron chi connectivity index (χ3n) is 5.12. The van der Waals surface area contributed by atoms with Gasteiger partial charge >= 0.3 is 0 Å². The average molecular weight is 393 g/mol. The Labute approximate surface area is 168 Å². The first-order chi connectivity index (χ1) is 13.9. The van der Waals surface area contributed by atoms with Gasteiger partial charge in [0.15, 0.2) is 0 Å². The van der Waals surface area contributed by atoms with Crippen LogP contribution in [0.2, 0.25) is 0 Å². The first-order valence-corrected chi connectivity index (χ1v) is 9.59. The zero-order valence-corrected chi connectivity index (χ0v) is 16.4. The molecule has 0 bridgehead atoms. The summed E-state index contributed by atoms with van der Waals surface area (Å²) in [6.07, 6.45) is -0.445. The summed E-state index contributed by atoms with van der Waals surface area (Å²) in [4.78, 5) is 31.2. The molecule has 0 aliphatic carbocycles. The number of morpholine rings is 1. The van der Waals surface area contributed by atoms with Crippen molar-refractivity contribution < 1.29 is 14.3 Å². The van der Waals surface area contributed by atoms with E-state index in [1.807, 2.05) is 38.1 Å². The second-order valence-corrected chi connectivity index (χ2v) is 7.45. The second kappa shape index (κ2) is 7.63. The lowest BCUT2D eigenvalue weighted by atomic mass is 10.0. The minimum absolute atomic E-state index is 0.155. The van der Waals surface area contributed by atoms with Gasteiger partial charge in [-0.05, 0) is 24.1 Å². The molecule has 29 heavy (non-hydrogen) atoms. The Morgan fingerprint density at radius 2 is 2.07 bits per heavy atom. The number of H-pyrrole nitrogens is 1. The SMILES string of the molecule is CC(C)c1cc(C(=O)N2CCOC(c3cc(C(N)=O)c4ccccc4n3)C2)n[nH]1. The first-order valence-electron chi connectivity index (χ1n) is 9.59. The molecule has 0 radical (unpaired) electrons. The fraction of sp³-hybridized carbons (Fsp3) is 0.333. The van der Waals surface area contributed by atoms with Gasteiger partial charge in [-0.2, -0.15) is 5.10 Å². The molecule has 3 aromatic rings. The summed E-state index contributed by atoms with van der Waals surface area (Å²) in [6.45, 7) is 5.24. The maximum absolute atomic E-state index is 12.9. The van der Waals surface area contributed by atoms with E-state index in [-0.39, 0.29) is 11.8 Å². The number of hydrogen-bond donors (Lipinski definition) is 2. The Kier molecular flexibility index (Phi) is 5.02. The van der Waals surface area contributed by atoms with Gasteiger partial charge in [-0.25, -0.2) is 4.98 Å². The number of pyridine rings is 1. The number of nitrogens with zero attached hydrogens (tertiary/aromatic N) is 3. The molecule has 0 saturated carbocycles. The number of nitrogens with one attached hydrogen (secondary N) is 1. The van der Waals surface area contributed by atoms with Gasteiger partial charge in [-0.3, -0.25) is 14.7 Å². The first kappa shape index (κ1) is 19.1. The molecule has 1 unspecified atom stereocenters. The molecule has 3 heterocycles. The summed E-state index contributed by atoms with van der Waals surface area (Å²) >= 11 is 0. The van der Waals surface area contributed by atoms with Crippen molar-refractivity contribution in [1.82, 2.24) is 20.1 Å². The smallest absolute Gasteiger partial charge is 0.274 e. The van der Waals surface area contributed by atoms with Gasteiger partial charge in [0.25, 0.3) is 5.91 Å². The Morgan fingerprint density at radius 3 is 2.79 bits per heavy atom. The molecular weight excluding hydrogens is 370 g/mol. The van der Waals surface area contributed by atoms with E-state index in [1.165, 1.54) is 0 Å². The number of benzene rings is 1. The van der Waals surface area contributed by atoms with E-state index in [9.17, 15) is 9.59 Å². The Balaban J connectivity index is 1.61. The number of carbonyl (C=O) groups is 2. The molecule has 2 amide bonds. The number of carbonyl (C=O) groups excluding carboxylic acids is 2. The van der Waals surface area contributed by atoms with Gasteiger partial charge in [0, 0.05) is 17.6 Å². The zero-order valence-electron chi connectivity index (χ0n) is 16.4. The van der Waals surface area contributed by atoms with Gasteiger partial charge in [0.05, 0.1) is 29.9 Å². The highest BCUT2D eigenvalue weighted by atomic mass is 16.5. The molecule has 8 heteroatoms. The fourth-order valence-electron chi connectivity index (χ4n) is 3.48. The van der Waals surface area contributed by atoms with Crippen molar-refractivity contribution in [3.05, 3.63) is 59.0 Å². The number of amides is 2. The fourth-order valence-corrected chi connectivity index (χ4v) is 3.48. The van der Waals surface area contributed by atoms with Crippen LogP contribution in [0.3, 0.4) is 0 Å². The molecule has 0 spiro atoms. The van der Waals surface area contributed by atoms with Gasteiger partial charge in [-0.15, -0.1) is 0 Å². The number of hydrogen-bond acceptors (Lipinski definition) is 5. The van der Waals surface area contributed by atoms with Crippen molar-refractivity contribution in [2.45, 2.75) is 25.9 Å². The monoisotopic (exact) mass is 393 g/mol. The molecule has 1 aliphatic heterocycles. The number of aromatic amines is 1. The predicted octanol–water partition coefficient (Wildman–Crippen LogP) is 2.39. The summed E-state index contributed by atoms with van der Waals surface area (Å²) in [7, 11) is 0. The highest BCUT2D eigenvalue weighted by Gasteiger charge is 2.29. The highest BCUT2D eigenvalue weighted by Crippen LogP contribution is 2.26. The van der Waals surface area contributed by atoms with Crippen molar-refractivity contribution in [2.75, 3.05) is 19.7 Å². The number of ether oxygens (including phenoxy) is 1. The molecule has 1 aliphatic rings.